The summed E-state index contributed by atoms with van der Waals surface area (Å²) < 4.78 is 5.34. The van der Waals surface area contributed by atoms with Crippen LogP contribution in [0, 0.1) is 0 Å². The van der Waals surface area contributed by atoms with E-state index in [9.17, 15) is 0 Å². The maximum Gasteiger partial charge on any atom is 0.257 e. The second-order valence-corrected chi connectivity index (χ2v) is 5.81. The number of likely N-dealkylation sites (tertiary alicyclic amines) is 1. The third kappa shape index (κ3) is 3.43. The van der Waals surface area contributed by atoms with Crippen molar-refractivity contribution in [2.75, 3.05) is 13.1 Å². The quantitative estimate of drug-likeness (QED) is 0.940. The lowest BCUT2D eigenvalue weighted by Gasteiger charge is -2.33. The summed E-state index contributed by atoms with van der Waals surface area (Å²) in [6, 6.07) is 7.81. The molecule has 0 amide bonds. The summed E-state index contributed by atoms with van der Waals surface area (Å²) in [6.45, 7) is 2.42. The van der Waals surface area contributed by atoms with Gasteiger partial charge in [-0.05, 0) is 43.7 Å². The molecular formula is C15H19ClN4O. The van der Waals surface area contributed by atoms with Gasteiger partial charge >= 0.3 is 0 Å². The fourth-order valence-electron chi connectivity index (χ4n) is 2.74. The van der Waals surface area contributed by atoms with Crippen molar-refractivity contribution in [3.8, 4) is 11.5 Å². The molecule has 0 aliphatic carbocycles. The maximum absolute atomic E-state index is 5.88. The molecule has 1 aromatic heterocycles. The zero-order valence-corrected chi connectivity index (χ0v) is 12.6. The fraction of sp³-hybridized carbons (Fsp3) is 0.467. The topological polar surface area (TPSA) is 68.2 Å². The molecule has 0 radical (unpaired) electrons. The Morgan fingerprint density at radius 3 is 2.86 bits per heavy atom. The van der Waals surface area contributed by atoms with Gasteiger partial charge in [0.2, 0.25) is 0 Å². The molecule has 112 valence electrons. The van der Waals surface area contributed by atoms with Gasteiger partial charge in [0.05, 0.1) is 6.54 Å². The van der Waals surface area contributed by atoms with Gasteiger partial charge in [0.25, 0.3) is 5.89 Å². The van der Waals surface area contributed by atoms with Crippen LogP contribution >= 0.6 is 11.6 Å². The summed E-state index contributed by atoms with van der Waals surface area (Å²) in [4.78, 5) is 6.82. The van der Waals surface area contributed by atoms with Crippen molar-refractivity contribution in [3.05, 3.63) is 35.1 Å². The van der Waals surface area contributed by atoms with Gasteiger partial charge in [0.15, 0.2) is 5.82 Å². The number of rotatable bonds is 4. The van der Waals surface area contributed by atoms with E-state index in [4.69, 9.17) is 21.9 Å². The summed E-state index contributed by atoms with van der Waals surface area (Å²) in [5, 5.41) is 4.77. The molecule has 2 N–H and O–H groups in total. The molecule has 3 rings (SSSR count). The van der Waals surface area contributed by atoms with E-state index in [1.54, 1.807) is 0 Å². The Labute approximate surface area is 129 Å². The monoisotopic (exact) mass is 306 g/mol. The first-order valence-corrected chi connectivity index (χ1v) is 7.66. The van der Waals surface area contributed by atoms with Crippen LogP contribution in [0.4, 0.5) is 0 Å². The van der Waals surface area contributed by atoms with E-state index in [1.165, 1.54) is 12.8 Å². The molecule has 1 atom stereocenters. The van der Waals surface area contributed by atoms with E-state index in [2.05, 4.69) is 15.0 Å². The number of piperidine rings is 1. The summed E-state index contributed by atoms with van der Waals surface area (Å²) in [5.74, 6) is 1.24. The number of benzene rings is 1. The second kappa shape index (κ2) is 6.56. The van der Waals surface area contributed by atoms with Crippen LogP contribution in [0.1, 0.15) is 25.1 Å². The second-order valence-electron chi connectivity index (χ2n) is 5.38. The SMILES string of the molecule is NCC1CCCCN1Cc1noc(-c2ccc(Cl)cc2)n1. The third-order valence-electron chi connectivity index (χ3n) is 3.92. The van der Waals surface area contributed by atoms with Crippen LogP contribution in [0.25, 0.3) is 11.5 Å². The third-order valence-corrected chi connectivity index (χ3v) is 4.18. The summed E-state index contributed by atoms with van der Waals surface area (Å²) >= 11 is 5.88. The molecule has 5 nitrogen and oxygen atoms in total. The van der Waals surface area contributed by atoms with Crippen molar-refractivity contribution in [3.63, 3.8) is 0 Å². The van der Waals surface area contributed by atoms with Crippen molar-refractivity contribution in [1.29, 1.82) is 0 Å². The number of halogens is 1. The number of hydrogen-bond donors (Lipinski definition) is 1. The molecular weight excluding hydrogens is 288 g/mol. The van der Waals surface area contributed by atoms with Crippen molar-refractivity contribution >= 4 is 11.6 Å². The number of aromatic nitrogens is 2. The average molecular weight is 307 g/mol. The zero-order chi connectivity index (χ0) is 14.7. The van der Waals surface area contributed by atoms with Gasteiger partial charge in [-0.15, -0.1) is 0 Å². The van der Waals surface area contributed by atoms with Crippen molar-refractivity contribution in [2.24, 2.45) is 5.73 Å². The minimum atomic E-state index is 0.427. The van der Waals surface area contributed by atoms with Crippen LogP contribution in [0.5, 0.6) is 0 Å². The van der Waals surface area contributed by atoms with Crippen molar-refractivity contribution < 1.29 is 4.52 Å². The smallest absolute Gasteiger partial charge is 0.257 e. The summed E-state index contributed by atoms with van der Waals surface area (Å²) in [6.07, 6.45) is 3.61. The van der Waals surface area contributed by atoms with Crippen LogP contribution in [0.3, 0.4) is 0 Å². The van der Waals surface area contributed by atoms with Crippen LogP contribution < -0.4 is 5.73 Å². The Morgan fingerprint density at radius 1 is 1.29 bits per heavy atom. The van der Waals surface area contributed by atoms with Crippen LogP contribution in [0.15, 0.2) is 28.8 Å². The first-order chi connectivity index (χ1) is 10.3. The predicted octanol–water partition coefficient (Wildman–Crippen LogP) is 2.70. The Balaban J connectivity index is 1.71. The molecule has 21 heavy (non-hydrogen) atoms. The summed E-state index contributed by atoms with van der Waals surface area (Å²) in [5.41, 5.74) is 6.72. The van der Waals surface area contributed by atoms with Gasteiger partial charge in [0.1, 0.15) is 0 Å². The highest BCUT2D eigenvalue weighted by Crippen LogP contribution is 2.22. The average Bonchev–Trinajstić information content (AvgIpc) is 2.97. The van der Waals surface area contributed by atoms with E-state index in [0.29, 0.717) is 35.9 Å². The molecule has 1 aliphatic rings. The van der Waals surface area contributed by atoms with Gasteiger partial charge < -0.3 is 10.3 Å². The Bertz CT molecular complexity index is 584. The molecule has 0 bridgehead atoms. The first-order valence-electron chi connectivity index (χ1n) is 7.29. The standard InChI is InChI=1S/C15H19ClN4O/c16-12-6-4-11(5-7-12)15-18-14(19-21-15)10-20-8-2-1-3-13(20)9-17/h4-7,13H,1-3,8-10,17H2. The van der Waals surface area contributed by atoms with E-state index in [-0.39, 0.29) is 0 Å². The van der Waals surface area contributed by atoms with E-state index < -0.39 is 0 Å². The van der Waals surface area contributed by atoms with E-state index in [0.717, 1.165) is 18.5 Å². The minimum Gasteiger partial charge on any atom is -0.334 e. The number of nitrogens with zero attached hydrogens (tertiary/aromatic N) is 3. The van der Waals surface area contributed by atoms with Crippen LogP contribution in [0.2, 0.25) is 5.02 Å². The largest absolute Gasteiger partial charge is 0.334 e. The van der Waals surface area contributed by atoms with Gasteiger partial charge in [-0.2, -0.15) is 4.98 Å². The summed E-state index contributed by atoms with van der Waals surface area (Å²) in [7, 11) is 0. The van der Waals surface area contributed by atoms with E-state index >= 15 is 0 Å². The molecule has 1 aliphatic heterocycles. The van der Waals surface area contributed by atoms with Crippen LogP contribution in [-0.4, -0.2) is 34.2 Å². The fourth-order valence-corrected chi connectivity index (χ4v) is 2.87. The van der Waals surface area contributed by atoms with Crippen molar-refractivity contribution in [2.45, 2.75) is 31.8 Å². The number of hydrogen-bond acceptors (Lipinski definition) is 5. The van der Waals surface area contributed by atoms with Crippen LogP contribution in [-0.2, 0) is 6.54 Å². The minimum absolute atomic E-state index is 0.427. The molecule has 6 heteroatoms. The van der Waals surface area contributed by atoms with Gasteiger partial charge in [-0.3, -0.25) is 4.90 Å². The molecule has 2 heterocycles. The lowest BCUT2D eigenvalue weighted by Crippen LogP contribution is -2.43. The molecule has 1 fully saturated rings. The molecule has 1 unspecified atom stereocenters. The molecule has 0 saturated carbocycles. The highest BCUT2D eigenvalue weighted by Gasteiger charge is 2.22. The Morgan fingerprint density at radius 2 is 2.10 bits per heavy atom. The molecule has 0 spiro atoms. The highest BCUT2D eigenvalue weighted by molar-refractivity contribution is 6.30. The molecule has 2 aromatic rings. The zero-order valence-electron chi connectivity index (χ0n) is 11.8. The predicted molar refractivity (Wildman–Crippen MR) is 81.8 cm³/mol. The Hall–Kier alpha value is -1.43. The first kappa shape index (κ1) is 14.5. The van der Waals surface area contributed by atoms with Gasteiger partial charge in [-0.1, -0.05) is 23.2 Å². The number of nitrogens with two attached hydrogens (primary N) is 1. The Kier molecular flexibility index (Phi) is 4.53. The highest BCUT2D eigenvalue weighted by atomic mass is 35.5. The van der Waals surface area contributed by atoms with E-state index in [1.807, 2.05) is 24.3 Å². The maximum atomic E-state index is 5.88. The lowest BCUT2D eigenvalue weighted by atomic mass is 10.0. The lowest BCUT2D eigenvalue weighted by molar-refractivity contribution is 0.140. The van der Waals surface area contributed by atoms with Crippen molar-refractivity contribution in [1.82, 2.24) is 15.0 Å². The van der Waals surface area contributed by atoms with Gasteiger partial charge in [0, 0.05) is 23.2 Å². The molecule has 1 aromatic carbocycles. The molecule has 1 saturated heterocycles. The van der Waals surface area contributed by atoms with Gasteiger partial charge in [-0.25, -0.2) is 0 Å². The normalized spacial score (nSPS) is 19.8.